The number of hydrogen-bond acceptors (Lipinski definition) is 5. The monoisotopic (exact) mass is 401 g/mol. The van der Waals surface area contributed by atoms with Crippen LogP contribution in [0.2, 0.25) is 0 Å². The second-order valence-electron chi connectivity index (χ2n) is 7.52. The minimum Gasteiger partial charge on any atom is -0.378 e. The van der Waals surface area contributed by atoms with Gasteiger partial charge in [-0.3, -0.25) is 0 Å². The molecule has 0 radical (unpaired) electrons. The Labute approximate surface area is 167 Å². The van der Waals surface area contributed by atoms with E-state index < -0.39 is 10.0 Å². The summed E-state index contributed by atoms with van der Waals surface area (Å²) in [5, 5.41) is 0. The van der Waals surface area contributed by atoms with Gasteiger partial charge in [0.15, 0.2) is 0 Å². The lowest BCUT2D eigenvalue weighted by Crippen LogP contribution is -2.36. The van der Waals surface area contributed by atoms with Crippen LogP contribution in [0.25, 0.3) is 0 Å². The van der Waals surface area contributed by atoms with Gasteiger partial charge in [0.2, 0.25) is 10.0 Å². The van der Waals surface area contributed by atoms with Crippen LogP contribution in [-0.2, 0) is 27.7 Å². The Balaban J connectivity index is 1.48. The zero-order valence-corrected chi connectivity index (χ0v) is 17.3. The van der Waals surface area contributed by atoms with Gasteiger partial charge in [-0.25, -0.2) is 12.7 Å². The van der Waals surface area contributed by atoms with Gasteiger partial charge in [-0.15, -0.1) is 0 Å². The first kappa shape index (κ1) is 19.2. The highest BCUT2D eigenvalue weighted by atomic mass is 32.2. The molecule has 0 amide bonds. The van der Waals surface area contributed by atoms with Crippen LogP contribution in [0, 0.1) is 0 Å². The second-order valence-corrected chi connectivity index (χ2v) is 9.67. The summed E-state index contributed by atoms with van der Waals surface area (Å²) in [6.45, 7) is 5.20. The Kier molecular flexibility index (Phi) is 5.31. The van der Waals surface area contributed by atoms with Crippen LogP contribution >= 0.6 is 0 Å². The summed E-state index contributed by atoms with van der Waals surface area (Å²) in [6.07, 6.45) is 0.873. The highest BCUT2D eigenvalue weighted by molar-refractivity contribution is 7.89. The SMILES string of the molecule is CN(C)S(=O)(=O)c1ccc2c(c1)CCN2Cc1ccc(N2CCOCC2)cc1. The molecule has 0 saturated carbocycles. The summed E-state index contributed by atoms with van der Waals surface area (Å²) >= 11 is 0. The van der Waals surface area contributed by atoms with Crippen molar-refractivity contribution in [3.63, 3.8) is 0 Å². The number of rotatable bonds is 5. The van der Waals surface area contributed by atoms with Crippen LogP contribution in [-0.4, -0.2) is 59.7 Å². The normalized spacial score (nSPS) is 17.2. The van der Waals surface area contributed by atoms with Crippen LogP contribution in [0.1, 0.15) is 11.1 Å². The molecule has 0 aromatic heterocycles. The third-order valence-electron chi connectivity index (χ3n) is 5.51. The van der Waals surface area contributed by atoms with Crippen molar-refractivity contribution in [2.24, 2.45) is 0 Å². The number of sulfonamides is 1. The van der Waals surface area contributed by atoms with Crippen molar-refractivity contribution in [1.82, 2.24) is 4.31 Å². The van der Waals surface area contributed by atoms with E-state index in [1.54, 1.807) is 20.2 Å². The molecule has 28 heavy (non-hydrogen) atoms. The standard InChI is InChI=1S/C21H27N3O3S/c1-22(2)28(25,26)20-7-8-21-18(15-20)9-10-24(21)16-17-3-5-19(6-4-17)23-11-13-27-14-12-23/h3-8,15H,9-14,16H2,1-2H3. The van der Waals surface area contributed by atoms with Gasteiger partial charge in [0.25, 0.3) is 0 Å². The highest BCUT2D eigenvalue weighted by Crippen LogP contribution is 2.32. The highest BCUT2D eigenvalue weighted by Gasteiger charge is 2.24. The van der Waals surface area contributed by atoms with Gasteiger partial charge in [-0.2, -0.15) is 0 Å². The Hall–Kier alpha value is -2.09. The van der Waals surface area contributed by atoms with E-state index in [-0.39, 0.29) is 0 Å². The van der Waals surface area contributed by atoms with Crippen LogP contribution in [0.4, 0.5) is 11.4 Å². The fourth-order valence-electron chi connectivity index (χ4n) is 3.84. The molecular formula is C21H27N3O3S. The van der Waals surface area contributed by atoms with Crippen molar-refractivity contribution >= 4 is 21.4 Å². The third kappa shape index (κ3) is 3.74. The molecule has 0 atom stereocenters. The summed E-state index contributed by atoms with van der Waals surface area (Å²) < 4.78 is 31.4. The molecule has 6 nitrogen and oxygen atoms in total. The summed E-state index contributed by atoms with van der Waals surface area (Å²) in [7, 11) is -0.259. The van der Waals surface area contributed by atoms with E-state index in [9.17, 15) is 8.42 Å². The average Bonchev–Trinajstić information content (AvgIpc) is 3.11. The van der Waals surface area contributed by atoms with Gasteiger partial charge in [-0.05, 0) is 47.9 Å². The molecule has 2 aliphatic heterocycles. The maximum Gasteiger partial charge on any atom is 0.242 e. The Morgan fingerprint density at radius 2 is 1.71 bits per heavy atom. The van der Waals surface area contributed by atoms with Crippen LogP contribution in [0.3, 0.4) is 0 Å². The van der Waals surface area contributed by atoms with E-state index in [0.717, 1.165) is 57.1 Å². The molecule has 0 bridgehead atoms. The molecule has 0 aliphatic carbocycles. The number of morpholine rings is 1. The van der Waals surface area contributed by atoms with E-state index in [0.29, 0.717) is 4.90 Å². The topological polar surface area (TPSA) is 53.1 Å². The number of hydrogen-bond donors (Lipinski definition) is 0. The predicted molar refractivity (Wildman–Crippen MR) is 112 cm³/mol. The molecule has 2 aromatic carbocycles. The molecule has 7 heteroatoms. The maximum absolute atomic E-state index is 12.4. The number of anilines is 2. The zero-order valence-electron chi connectivity index (χ0n) is 16.5. The summed E-state index contributed by atoms with van der Waals surface area (Å²) in [5.41, 5.74) is 4.74. The third-order valence-corrected chi connectivity index (χ3v) is 7.32. The smallest absolute Gasteiger partial charge is 0.242 e. The lowest BCUT2D eigenvalue weighted by molar-refractivity contribution is 0.122. The van der Waals surface area contributed by atoms with Crippen molar-refractivity contribution in [1.29, 1.82) is 0 Å². The summed E-state index contributed by atoms with van der Waals surface area (Å²) in [5.74, 6) is 0. The van der Waals surface area contributed by atoms with Crippen LogP contribution < -0.4 is 9.80 Å². The molecule has 150 valence electrons. The van der Waals surface area contributed by atoms with Crippen molar-refractivity contribution in [3.05, 3.63) is 53.6 Å². The minimum atomic E-state index is -3.39. The number of benzene rings is 2. The summed E-state index contributed by atoms with van der Waals surface area (Å²) in [6, 6.07) is 14.2. The molecule has 0 unspecified atom stereocenters. The fourth-order valence-corrected chi connectivity index (χ4v) is 4.79. The van der Waals surface area contributed by atoms with Crippen molar-refractivity contribution in [2.45, 2.75) is 17.9 Å². The lowest BCUT2D eigenvalue weighted by Gasteiger charge is -2.29. The first-order valence-corrected chi connectivity index (χ1v) is 11.1. The van der Waals surface area contributed by atoms with Gasteiger partial charge in [0, 0.05) is 51.6 Å². The maximum atomic E-state index is 12.4. The van der Waals surface area contributed by atoms with E-state index >= 15 is 0 Å². The Bertz CT molecular complexity index is 936. The van der Waals surface area contributed by atoms with Crippen molar-refractivity contribution < 1.29 is 13.2 Å². The molecule has 0 N–H and O–H groups in total. The van der Waals surface area contributed by atoms with E-state index in [4.69, 9.17) is 4.74 Å². The number of ether oxygens (including phenoxy) is 1. The fraction of sp³-hybridized carbons (Fsp3) is 0.429. The molecule has 4 rings (SSSR count). The summed E-state index contributed by atoms with van der Waals surface area (Å²) in [4.78, 5) is 5.05. The predicted octanol–water partition coefficient (Wildman–Crippen LogP) is 2.34. The Morgan fingerprint density at radius 1 is 1.00 bits per heavy atom. The molecule has 1 fully saturated rings. The second kappa shape index (κ2) is 7.73. The lowest BCUT2D eigenvalue weighted by atomic mass is 10.1. The zero-order chi connectivity index (χ0) is 19.7. The molecule has 2 aliphatic rings. The minimum absolute atomic E-state index is 0.368. The Morgan fingerprint density at radius 3 is 2.39 bits per heavy atom. The van der Waals surface area contributed by atoms with E-state index in [2.05, 4.69) is 34.1 Å². The molecule has 1 saturated heterocycles. The van der Waals surface area contributed by atoms with Crippen LogP contribution in [0.5, 0.6) is 0 Å². The van der Waals surface area contributed by atoms with E-state index in [1.165, 1.54) is 15.6 Å². The molecule has 2 aromatic rings. The van der Waals surface area contributed by atoms with Gasteiger partial charge in [0.1, 0.15) is 0 Å². The number of nitrogens with zero attached hydrogens (tertiary/aromatic N) is 3. The van der Waals surface area contributed by atoms with Crippen molar-refractivity contribution in [2.75, 3.05) is 56.7 Å². The van der Waals surface area contributed by atoms with Crippen molar-refractivity contribution in [3.8, 4) is 0 Å². The quantitative estimate of drug-likeness (QED) is 0.770. The van der Waals surface area contributed by atoms with Gasteiger partial charge in [-0.1, -0.05) is 12.1 Å². The molecule has 2 heterocycles. The van der Waals surface area contributed by atoms with Gasteiger partial charge >= 0.3 is 0 Å². The first-order valence-electron chi connectivity index (χ1n) is 9.67. The molecular weight excluding hydrogens is 374 g/mol. The number of fused-ring (bicyclic) bond motifs is 1. The van der Waals surface area contributed by atoms with Crippen LogP contribution in [0.15, 0.2) is 47.4 Å². The average molecular weight is 402 g/mol. The molecule has 0 spiro atoms. The largest absolute Gasteiger partial charge is 0.378 e. The van der Waals surface area contributed by atoms with Gasteiger partial charge in [0.05, 0.1) is 18.1 Å². The van der Waals surface area contributed by atoms with Gasteiger partial charge < -0.3 is 14.5 Å². The van der Waals surface area contributed by atoms with E-state index in [1.807, 2.05) is 12.1 Å². The first-order chi connectivity index (χ1) is 13.4.